The van der Waals surface area contributed by atoms with E-state index in [-0.39, 0.29) is 0 Å². The van der Waals surface area contributed by atoms with E-state index in [9.17, 15) is 0 Å². The summed E-state index contributed by atoms with van der Waals surface area (Å²) in [6, 6.07) is 12.1. The average Bonchev–Trinajstić information content (AvgIpc) is 2.46. The van der Waals surface area contributed by atoms with Gasteiger partial charge in [0.1, 0.15) is 0 Å². The SMILES string of the molecule is CCCNCc1cc(Br)ccc1Sc1ccc(Cl)c(Cl)c1. The average molecular weight is 405 g/mol. The number of halogens is 3. The van der Waals surface area contributed by atoms with Gasteiger partial charge in [0.15, 0.2) is 0 Å². The van der Waals surface area contributed by atoms with Gasteiger partial charge in [-0.1, -0.05) is 57.8 Å². The summed E-state index contributed by atoms with van der Waals surface area (Å²) in [6.45, 7) is 4.04. The monoisotopic (exact) mass is 403 g/mol. The van der Waals surface area contributed by atoms with Crippen molar-refractivity contribution in [3.8, 4) is 0 Å². The van der Waals surface area contributed by atoms with Crippen molar-refractivity contribution in [3.63, 3.8) is 0 Å². The summed E-state index contributed by atoms with van der Waals surface area (Å²) in [5.74, 6) is 0. The summed E-state index contributed by atoms with van der Waals surface area (Å²) in [4.78, 5) is 2.31. The fourth-order valence-corrected chi connectivity index (χ4v) is 3.59. The molecule has 0 atom stereocenters. The third-order valence-corrected chi connectivity index (χ3v) is 5.22. The van der Waals surface area contributed by atoms with Crippen LogP contribution in [0.15, 0.2) is 50.7 Å². The second-order valence-electron chi connectivity index (χ2n) is 4.61. The van der Waals surface area contributed by atoms with E-state index < -0.39 is 0 Å². The van der Waals surface area contributed by atoms with Crippen molar-refractivity contribution in [2.75, 3.05) is 6.54 Å². The zero-order chi connectivity index (χ0) is 15.2. The Morgan fingerprint density at radius 1 is 1.10 bits per heavy atom. The van der Waals surface area contributed by atoms with Crippen molar-refractivity contribution < 1.29 is 0 Å². The Labute approximate surface area is 148 Å². The van der Waals surface area contributed by atoms with Gasteiger partial charge in [-0.3, -0.25) is 0 Å². The maximum absolute atomic E-state index is 6.08. The first kappa shape index (κ1) is 17.2. The van der Waals surface area contributed by atoms with Crippen LogP contribution in [0.25, 0.3) is 0 Å². The van der Waals surface area contributed by atoms with Crippen LogP contribution in [0.2, 0.25) is 10.0 Å². The molecule has 0 spiro atoms. The lowest BCUT2D eigenvalue weighted by Crippen LogP contribution is -2.14. The number of hydrogen-bond donors (Lipinski definition) is 1. The third-order valence-electron chi connectivity index (χ3n) is 2.88. The van der Waals surface area contributed by atoms with E-state index in [0.717, 1.165) is 28.9 Å². The van der Waals surface area contributed by atoms with Gasteiger partial charge in [-0.2, -0.15) is 0 Å². The van der Waals surface area contributed by atoms with Crippen LogP contribution in [0.3, 0.4) is 0 Å². The van der Waals surface area contributed by atoms with Gasteiger partial charge < -0.3 is 5.32 Å². The summed E-state index contributed by atoms with van der Waals surface area (Å²) in [5, 5.41) is 4.62. The molecule has 0 aliphatic carbocycles. The van der Waals surface area contributed by atoms with Crippen LogP contribution in [-0.4, -0.2) is 6.54 Å². The quantitative estimate of drug-likeness (QED) is 0.558. The van der Waals surface area contributed by atoms with Gasteiger partial charge in [-0.15, -0.1) is 0 Å². The summed E-state index contributed by atoms with van der Waals surface area (Å²) >= 11 is 17.3. The minimum atomic E-state index is 0.585. The first-order chi connectivity index (χ1) is 10.1. The highest BCUT2D eigenvalue weighted by atomic mass is 79.9. The lowest BCUT2D eigenvalue weighted by molar-refractivity contribution is 0.669. The second kappa shape index (κ2) is 8.44. The number of rotatable bonds is 6. The molecule has 0 saturated carbocycles. The molecule has 112 valence electrons. The maximum atomic E-state index is 6.08. The van der Waals surface area contributed by atoms with Gasteiger partial charge in [0.05, 0.1) is 10.0 Å². The molecule has 0 saturated heterocycles. The van der Waals surface area contributed by atoms with Crippen LogP contribution >= 0.6 is 50.9 Å². The predicted octanol–water partition coefficient (Wildman–Crippen LogP) is 6.41. The highest BCUT2D eigenvalue weighted by molar-refractivity contribution is 9.10. The van der Waals surface area contributed by atoms with Gasteiger partial charge >= 0.3 is 0 Å². The van der Waals surface area contributed by atoms with Crippen molar-refractivity contribution in [2.24, 2.45) is 0 Å². The molecule has 1 N–H and O–H groups in total. The molecule has 0 aromatic heterocycles. The van der Waals surface area contributed by atoms with Crippen molar-refractivity contribution in [3.05, 3.63) is 56.5 Å². The normalized spacial score (nSPS) is 10.9. The Kier molecular flexibility index (Phi) is 6.90. The summed E-state index contributed by atoms with van der Waals surface area (Å²) < 4.78 is 1.09. The largest absolute Gasteiger partial charge is 0.313 e. The molecule has 2 rings (SSSR count). The highest BCUT2D eigenvalue weighted by Gasteiger charge is 2.07. The molecule has 0 heterocycles. The molecule has 0 aliphatic rings. The standard InChI is InChI=1S/C16H16BrCl2NS/c1-2-7-20-10-11-8-12(17)3-6-16(11)21-13-4-5-14(18)15(19)9-13/h3-6,8-9,20H,2,7,10H2,1H3. The van der Waals surface area contributed by atoms with Crippen molar-refractivity contribution in [1.29, 1.82) is 0 Å². The van der Waals surface area contributed by atoms with E-state index in [1.807, 2.05) is 18.2 Å². The van der Waals surface area contributed by atoms with E-state index >= 15 is 0 Å². The summed E-state index contributed by atoms with van der Waals surface area (Å²) in [5.41, 5.74) is 1.27. The van der Waals surface area contributed by atoms with Crippen LogP contribution in [0.1, 0.15) is 18.9 Å². The van der Waals surface area contributed by atoms with Crippen LogP contribution in [0.5, 0.6) is 0 Å². The lowest BCUT2D eigenvalue weighted by Gasteiger charge is -2.11. The first-order valence-corrected chi connectivity index (χ1v) is 9.08. The molecule has 1 nitrogen and oxygen atoms in total. The molecule has 0 amide bonds. The fourth-order valence-electron chi connectivity index (χ4n) is 1.85. The van der Waals surface area contributed by atoms with Gasteiger partial charge in [-0.05, 0) is 54.9 Å². The lowest BCUT2D eigenvalue weighted by atomic mass is 10.2. The van der Waals surface area contributed by atoms with E-state index in [1.54, 1.807) is 11.8 Å². The Morgan fingerprint density at radius 2 is 1.90 bits per heavy atom. The Hall–Kier alpha value is -0.190. The van der Waals surface area contributed by atoms with Gasteiger partial charge in [0.25, 0.3) is 0 Å². The van der Waals surface area contributed by atoms with E-state index in [1.165, 1.54) is 10.5 Å². The second-order valence-corrected chi connectivity index (χ2v) is 7.45. The Bertz CT molecular complexity index is 619. The molecule has 2 aromatic rings. The number of benzene rings is 2. The minimum Gasteiger partial charge on any atom is -0.313 e. The van der Waals surface area contributed by atoms with Crippen LogP contribution < -0.4 is 5.32 Å². The Morgan fingerprint density at radius 3 is 2.62 bits per heavy atom. The highest BCUT2D eigenvalue weighted by Crippen LogP contribution is 2.35. The van der Waals surface area contributed by atoms with Crippen LogP contribution in [0.4, 0.5) is 0 Å². The molecule has 0 unspecified atom stereocenters. The van der Waals surface area contributed by atoms with Crippen molar-refractivity contribution in [2.45, 2.75) is 29.7 Å². The summed E-state index contributed by atoms with van der Waals surface area (Å²) in [6.07, 6.45) is 1.13. The van der Waals surface area contributed by atoms with Crippen LogP contribution in [-0.2, 0) is 6.54 Å². The molecule has 0 aliphatic heterocycles. The number of hydrogen-bond acceptors (Lipinski definition) is 2. The Balaban J connectivity index is 2.19. The molecule has 5 heteroatoms. The van der Waals surface area contributed by atoms with Crippen molar-refractivity contribution in [1.82, 2.24) is 5.32 Å². The summed E-state index contributed by atoms with van der Waals surface area (Å²) in [7, 11) is 0. The number of nitrogens with one attached hydrogen (secondary N) is 1. The van der Waals surface area contributed by atoms with E-state index in [0.29, 0.717) is 10.0 Å². The minimum absolute atomic E-state index is 0.585. The topological polar surface area (TPSA) is 12.0 Å². The molecule has 0 bridgehead atoms. The van der Waals surface area contributed by atoms with E-state index in [2.05, 4.69) is 46.4 Å². The van der Waals surface area contributed by atoms with E-state index in [4.69, 9.17) is 23.2 Å². The van der Waals surface area contributed by atoms with Crippen LogP contribution in [0, 0.1) is 0 Å². The molecule has 0 fully saturated rings. The molecular formula is C16H16BrCl2NS. The predicted molar refractivity (Wildman–Crippen MR) is 96.7 cm³/mol. The molecule has 21 heavy (non-hydrogen) atoms. The molecule has 2 aromatic carbocycles. The smallest absolute Gasteiger partial charge is 0.0603 e. The zero-order valence-electron chi connectivity index (χ0n) is 11.6. The molecule has 0 radical (unpaired) electrons. The first-order valence-electron chi connectivity index (χ1n) is 6.72. The zero-order valence-corrected chi connectivity index (χ0v) is 15.5. The third kappa shape index (κ3) is 5.19. The van der Waals surface area contributed by atoms with Gasteiger partial charge in [-0.25, -0.2) is 0 Å². The molecular weight excluding hydrogens is 389 g/mol. The van der Waals surface area contributed by atoms with Gasteiger partial charge in [0.2, 0.25) is 0 Å². The fraction of sp³-hybridized carbons (Fsp3) is 0.250. The van der Waals surface area contributed by atoms with Crippen molar-refractivity contribution >= 4 is 50.9 Å². The maximum Gasteiger partial charge on any atom is 0.0603 e. The van der Waals surface area contributed by atoms with Gasteiger partial charge in [0, 0.05) is 20.8 Å².